The first-order valence-corrected chi connectivity index (χ1v) is 10.7. The van der Waals surface area contributed by atoms with Crippen molar-refractivity contribution < 1.29 is 14.4 Å². The van der Waals surface area contributed by atoms with Crippen LogP contribution in [0.1, 0.15) is 5.56 Å². The SMILES string of the molecule is [O-][S@+](CCO)c1ccc2c(c1)N(c1ncc(-c3ccccn3)cn1)CC21COC1. The van der Waals surface area contributed by atoms with Gasteiger partial charge in [-0.05, 0) is 34.9 Å². The van der Waals surface area contributed by atoms with Crippen LogP contribution in [0, 0.1) is 0 Å². The maximum atomic E-state index is 12.4. The fourth-order valence-corrected chi connectivity index (χ4v) is 4.76. The highest BCUT2D eigenvalue weighted by molar-refractivity contribution is 7.91. The monoisotopic (exact) mass is 408 g/mol. The molecule has 0 bridgehead atoms. The fraction of sp³-hybridized carbons (Fsp3) is 0.286. The van der Waals surface area contributed by atoms with E-state index in [1.165, 1.54) is 5.56 Å². The second-order valence-corrected chi connectivity index (χ2v) is 8.87. The molecule has 4 heterocycles. The third-order valence-electron chi connectivity index (χ3n) is 5.43. The van der Waals surface area contributed by atoms with Gasteiger partial charge in [0.2, 0.25) is 5.95 Å². The van der Waals surface area contributed by atoms with Gasteiger partial charge in [0.05, 0.1) is 36.6 Å². The van der Waals surface area contributed by atoms with Gasteiger partial charge in [-0.25, -0.2) is 9.97 Å². The molecule has 2 aliphatic heterocycles. The van der Waals surface area contributed by atoms with E-state index in [2.05, 4.69) is 19.9 Å². The first-order chi connectivity index (χ1) is 14.2. The molecule has 1 N–H and O–H groups in total. The number of aliphatic hydroxyl groups is 1. The van der Waals surface area contributed by atoms with Gasteiger partial charge >= 0.3 is 0 Å². The minimum atomic E-state index is -1.24. The summed E-state index contributed by atoms with van der Waals surface area (Å²) >= 11 is -1.24. The van der Waals surface area contributed by atoms with Crippen molar-refractivity contribution in [2.45, 2.75) is 10.3 Å². The van der Waals surface area contributed by atoms with Crippen LogP contribution >= 0.6 is 0 Å². The standard InChI is InChI=1S/C21H20N4O3S/c26-7-8-29(27)16-4-5-17-19(9-16)25(12-21(17)13-28-14-21)20-23-10-15(11-24-20)18-3-1-2-6-22-18/h1-6,9-11,26H,7-8,12-14H2/t29-/m1/s1. The molecule has 0 amide bonds. The molecule has 0 saturated carbocycles. The molecule has 0 aliphatic carbocycles. The Bertz CT molecular complexity index is 1010. The number of hydrogen-bond donors (Lipinski definition) is 1. The first-order valence-electron chi connectivity index (χ1n) is 9.43. The average molecular weight is 408 g/mol. The fourth-order valence-electron chi connectivity index (χ4n) is 3.90. The number of hydrogen-bond acceptors (Lipinski definition) is 7. The highest BCUT2D eigenvalue weighted by Crippen LogP contribution is 2.48. The molecule has 1 spiro atoms. The Morgan fingerprint density at radius 1 is 1.14 bits per heavy atom. The summed E-state index contributed by atoms with van der Waals surface area (Å²) in [6, 6.07) is 11.6. The molecule has 7 nitrogen and oxygen atoms in total. The number of anilines is 2. The third kappa shape index (κ3) is 3.18. The summed E-state index contributed by atoms with van der Waals surface area (Å²) < 4.78 is 17.9. The van der Waals surface area contributed by atoms with Crippen LogP contribution < -0.4 is 4.90 Å². The number of benzene rings is 1. The van der Waals surface area contributed by atoms with Gasteiger partial charge in [0.1, 0.15) is 5.75 Å². The molecule has 2 aromatic heterocycles. The molecule has 1 aromatic carbocycles. The van der Waals surface area contributed by atoms with E-state index < -0.39 is 11.2 Å². The number of rotatable bonds is 5. The lowest BCUT2D eigenvalue weighted by atomic mass is 9.81. The van der Waals surface area contributed by atoms with Crippen molar-refractivity contribution >= 4 is 22.8 Å². The molecule has 0 radical (unpaired) electrons. The molecular formula is C21H20N4O3S. The molecule has 0 unspecified atom stereocenters. The molecule has 2 aliphatic rings. The van der Waals surface area contributed by atoms with E-state index in [0.717, 1.165) is 23.5 Å². The topological polar surface area (TPSA) is 94.4 Å². The molecule has 29 heavy (non-hydrogen) atoms. The largest absolute Gasteiger partial charge is 0.611 e. The van der Waals surface area contributed by atoms with Crippen LogP contribution in [-0.2, 0) is 21.3 Å². The van der Waals surface area contributed by atoms with E-state index in [1.54, 1.807) is 18.6 Å². The lowest BCUT2D eigenvalue weighted by molar-refractivity contribution is -0.0507. The number of nitrogens with zero attached hydrogens (tertiary/aromatic N) is 4. The van der Waals surface area contributed by atoms with Crippen molar-refractivity contribution in [1.82, 2.24) is 15.0 Å². The molecule has 1 atom stereocenters. The summed E-state index contributed by atoms with van der Waals surface area (Å²) in [5.74, 6) is 0.822. The van der Waals surface area contributed by atoms with Gasteiger partial charge in [0.15, 0.2) is 4.90 Å². The third-order valence-corrected chi connectivity index (χ3v) is 6.76. The van der Waals surface area contributed by atoms with E-state index in [0.29, 0.717) is 24.1 Å². The summed E-state index contributed by atoms with van der Waals surface area (Å²) in [7, 11) is 0. The molecule has 5 rings (SSSR count). The van der Waals surface area contributed by atoms with E-state index in [1.807, 2.05) is 36.4 Å². The lowest BCUT2D eigenvalue weighted by Crippen LogP contribution is -2.49. The van der Waals surface area contributed by atoms with E-state index in [9.17, 15) is 4.55 Å². The Kier molecular flexibility index (Phi) is 4.71. The van der Waals surface area contributed by atoms with Crippen LogP contribution in [0.2, 0.25) is 0 Å². The molecule has 1 fully saturated rings. The molecule has 148 valence electrons. The highest BCUT2D eigenvalue weighted by atomic mass is 32.2. The maximum Gasteiger partial charge on any atom is 0.229 e. The maximum absolute atomic E-state index is 12.4. The lowest BCUT2D eigenvalue weighted by Gasteiger charge is -2.38. The van der Waals surface area contributed by atoms with Crippen LogP contribution in [-0.4, -0.2) is 56.7 Å². The average Bonchev–Trinajstić information content (AvgIpc) is 3.10. The number of aromatic nitrogens is 3. The Hall–Kier alpha value is -2.52. The number of pyridine rings is 1. The van der Waals surface area contributed by atoms with Crippen molar-refractivity contribution in [2.75, 3.05) is 37.0 Å². The number of fused-ring (bicyclic) bond motifs is 2. The van der Waals surface area contributed by atoms with Gasteiger partial charge in [-0.1, -0.05) is 12.1 Å². The zero-order valence-corrected chi connectivity index (χ0v) is 16.5. The van der Waals surface area contributed by atoms with E-state index in [-0.39, 0.29) is 17.8 Å². The molecule has 8 heteroatoms. The van der Waals surface area contributed by atoms with E-state index >= 15 is 0 Å². The van der Waals surface area contributed by atoms with Gasteiger partial charge in [-0.3, -0.25) is 4.98 Å². The molecule has 1 saturated heterocycles. The van der Waals surface area contributed by atoms with Gasteiger partial charge in [0, 0.05) is 36.8 Å². The second-order valence-electron chi connectivity index (χ2n) is 7.30. The Labute approximate surface area is 171 Å². The predicted molar refractivity (Wildman–Crippen MR) is 110 cm³/mol. The predicted octanol–water partition coefficient (Wildman–Crippen LogP) is 2.06. The molecular weight excluding hydrogens is 388 g/mol. The number of aliphatic hydroxyl groups excluding tert-OH is 1. The van der Waals surface area contributed by atoms with Crippen molar-refractivity contribution in [3.63, 3.8) is 0 Å². The van der Waals surface area contributed by atoms with Crippen molar-refractivity contribution in [1.29, 1.82) is 0 Å². The first kappa shape index (κ1) is 18.5. The second kappa shape index (κ2) is 7.38. The summed E-state index contributed by atoms with van der Waals surface area (Å²) in [6.45, 7) is 1.92. The Morgan fingerprint density at radius 2 is 1.97 bits per heavy atom. The van der Waals surface area contributed by atoms with Crippen LogP contribution in [0.5, 0.6) is 0 Å². The number of ether oxygens (including phenoxy) is 1. The summed E-state index contributed by atoms with van der Waals surface area (Å²) in [5, 5.41) is 9.13. The van der Waals surface area contributed by atoms with Gasteiger partial charge in [-0.15, -0.1) is 0 Å². The van der Waals surface area contributed by atoms with Crippen molar-refractivity contribution in [2.24, 2.45) is 0 Å². The smallest absolute Gasteiger partial charge is 0.229 e. The van der Waals surface area contributed by atoms with Crippen molar-refractivity contribution in [3.8, 4) is 11.3 Å². The van der Waals surface area contributed by atoms with Gasteiger partial charge in [0.25, 0.3) is 0 Å². The van der Waals surface area contributed by atoms with Crippen LogP contribution in [0.3, 0.4) is 0 Å². The van der Waals surface area contributed by atoms with Crippen molar-refractivity contribution in [3.05, 3.63) is 60.6 Å². The summed E-state index contributed by atoms with van der Waals surface area (Å²) in [6.07, 6.45) is 5.30. The van der Waals surface area contributed by atoms with Crippen LogP contribution in [0.15, 0.2) is 59.9 Å². The van der Waals surface area contributed by atoms with Crippen LogP contribution in [0.4, 0.5) is 11.6 Å². The van der Waals surface area contributed by atoms with E-state index in [4.69, 9.17) is 9.84 Å². The Balaban J connectivity index is 1.51. The summed E-state index contributed by atoms with van der Waals surface area (Å²) in [5.41, 5.74) is 3.74. The zero-order valence-electron chi connectivity index (χ0n) is 15.7. The minimum Gasteiger partial charge on any atom is -0.611 e. The Morgan fingerprint density at radius 3 is 2.62 bits per heavy atom. The van der Waals surface area contributed by atoms with Gasteiger partial charge < -0.3 is 19.3 Å². The van der Waals surface area contributed by atoms with Crippen LogP contribution in [0.25, 0.3) is 11.3 Å². The summed E-state index contributed by atoms with van der Waals surface area (Å²) in [4.78, 5) is 16.3. The highest BCUT2D eigenvalue weighted by Gasteiger charge is 2.49. The van der Waals surface area contributed by atoms with Gasteiger partial charge in [-0.2, -0.15) is 0 Å². The normalized spacial score (nSPS) is 17.8. The molecule has 3 aromatic rings. The quantitative estimate of drug-likeness (QED) is 0.646. The zero-order chi connectivity index (χ0) is 19.8. The minimum absolute atomic E-state index is 0.0741.